The normalized spacial score (nSPS) is 30.2. The van der Waals surface area contributed by atoms with Crippen LogP contribution in [-0.4, -0.2) is 47.7 Å². The van der Waals surface area contributed by atoms with Gasteiger partial charge in [0.25, 0.3) is 6.02 Å². The minimum atomic E-state index is -0.115. The van der Waals surface area contributed by atoms with Crippen molar-refractivity contribution >= 4 is 11.8 Å². The van der Waals surface area contributed by atoms with Gasteiger partial charge >= 0.3 is 0 Å². The van der Waals surface area contributed by atoms with E-state index in [-0.39, 0.29) is 5.60 Å². The zero-order chi connectivity index (χ0) is 16.7. The summed E-state index contributed by atoms with van der Waals surface area (Å²) in [6.07, 6.45) is 2.45. The highest BCUT2D eigenvalue weighted by Gasteiger charge is 2.51. The highest BCUT2D eigenvalue weighted by atomic mass is 16.5. The Kier molecular flexibility index (Phi) is 3.48. The predicted molar refractivity (Wildman–Crippen MR) is 98.6 cm³/mol. The van der Waals surface area contributed by atoms with Crippen LogP contribution in [0.2, 0.25) is 0 Å². The van der Waals surface area contributed by atoms with Gasteiger partial charge in [0.2, 0.25) is 0 Å². The number of piperidine rings is 3. The van der Waals surface area contributed by atoms with E-state index >= 15 is 0 Å². The lowest BCUT2D eigenvalue weighted by atomic mass is 9.75. The lowest BCUT2D eigenvalue weighted by Gasteiger charge is -2.50. The summed E-state index contributed by atoms with van der Waals surface area (Å²) in [4.78, 5) is 11.9. The van der Waals surface area contributed by atoms with E-state index in [1.807, 2.05) is 36.4 Å². The zero-order valence-electron chi connectivity index (χ0n) is 14.2. The summed E-state index contributed by atoms with van der Waals surface area (Å²) in [7, 11) is 0. The molecule has 0 aliphatic carbocycles. The molecular formula is C20H22N4O. The van der Waals surface area contributed by atoms with Crippen molar-refractivity contribution in [3.63, 3.8) is 0 Å². The Hall–Kier alpha value is -2.40. The monoisotopic (exact) mass is 334 g/mol. The fourth-order valence-electron chi connectivity index (χ4n) is 4.33. The van der Waals surface area contributed by atoms with Crippen LogP contribution in [0.15, 0.2) is 53.5 Å². The molecule has 6 rings (SSSR count). The molecule has 3 fully saturated rings. The minimum absolute atomic E-state index is 0.115. The van der Waals surface area contributed by atoms with Crippen molar-refractivity contribution in [2.24, 2.45) is 10.9 Å². The van der Waals surface area contributed by atoms with Crippen LogP contribution >= 0.6 is 0 Å². The Morgan fingerprint density at radius 1 is 1.04 bits per heavy atom. The van der Waals surface area contributed by atoms with Crippen molar-refractivity contribution in [2.75, 3.05) is 31.5 Å². The van der Waals surface area contributed by atoms with Crippen molar-refractivity contribution in [3.05, 3.63) is 48.5 Å². The van der Waals surface area contributed by atoms with E-state index in [1.165, 1.54) is 25.9 Å². The van der Waals surface area contributed by atoms with Gasteiger partial charge in [0.15, 0.2) is 0 Å². The number of amidine groups is 1. The van der Waals surface area contributed by atoms with Gasteiger partial charge in [-0.1, -0.05) is 36.4 Å². The second-order valence-electron chi connectivity index (χ2n) is 7.24. The second-order valence-corrected chi connectivity index (χ2v) is 7.24. The van der Waals surface area contributed by atoms with Gasteiger partial charge in [-0.15, -0.1) is 0 Å². The average molecular weight is 334 g/mol. The predicted octanol–water partition coefficient (Wildman–Crippen LogP) is 3.01. The van der Waals surface area contributed by atoms with E-state index in [9.17, 15) is 0 Å². The van der Waals surface area contributed by atoms with E-state index < -0.39 is 0 Å². The summed E-state index contributed by atoms with van der Waals surface area (Å²) in [5.74, 6) is 1.41. The number of aliphatic imine (C=N–C) groups is 1. The number of nitrogens with zero attached hydrogens (tertiary/aromatic N) is 3. The van der Waals surface area contributed by atoms with Gasteiger partial charge in [0, 0.05) is 18.0 Å². The fraction of sp³-hybridized carbons (Fsp3) is 0.400. The molecule has 0 amide bonds. The van der Waals surface area contributed by atoms with Crippen molar-refractivity contribution < 1.29 is 4.74 Å². The molecule has 5 heterocycles. The number of ether oxygens (including phenoxy) is 1. The van der Waals surface area contributed by atoms with Crippen molar-refractivity contribution in [1.29, 1.82) is 0 Å². The van der Waals surface area contributed by atoms with Crippen molar-refractivity contribution in [1.82, 2.24) is 9.88 Å². The molecule has 4 aliphatic heterocycles. The third-order valence-corrected chi connectivity index (χ3v) is 5.67. The van der Waals surface area contributed by atoms with Crippen LogP contribution in [0.25, 0.3) is 11.3 Å². The average Bonchev–Trinajstić information content (AvgIpc) is 3.05. The second kappa shape index (κ2) is 5.85. The Labute approximate surface area is 147 Å². The highest BCUT2D eigenvalue weighted by molar-refractivity contribution is 5.89. The van der Waals surface area contributed by atoms with Crippen LogP contribution in [0, 0.1) is 5.92 Å². The molecule has 1 aromatic heterocycles. The third kappa shape index (κ3) is 2.68. The van der Waals surface area contributed by atoms with E-state index in [0.29, 0.717) is 11.9 Å². The van der Waals surface area contributed by atoms with Crippen LogP contribution in [-0.2, 0) is 4.74 Å². The van der Waals surface area contributed by atoms with Crippen LogP contribution in [0.5, 0.6) is 0 Å². The standard InChI is InChI=1S/C20H22N4O/c1-2-5-15(6-3-1)17-7-4-8-18(22-17)23-19-21-13-20(25-19)14-24-11-9-16(20)10-12-24/h1-8,16H,9-14H2,(H,21,22,23)/t20-/m0/s1. The molecule has 0 radical (unpaired) electrons. The Bertz CT molecular complexity index is 798. The van der Waals surface area contributed by atoms with Gasteiger partial charge < -0.3 is 4.74 Å². The molecule has 1 spiro atoms. The first kappa shape index (κ1) is 14.9. The summed E-state index contributed by atoms with van der Waals surface area (Å²) in [6, 6.07) is 16.8. The number of hydrogen-bond donors (Lipinski definition) is 1. The smallest absolute Gasteiger partial charge is 0.291 e. The van der Waals surface area contributed by atoms with Gasteiger partial charge in [0.1, 0.15) is 11.4 Å². The number of fused-ring (bicyclic) bond motifs is 2. The number of benzene rings is 1. The highest BCUT2D eigenvalue weighted by Crippen LogP contribution is 2.40. The van der Waals surface area contributed by atoms with Gasteiger partial charge in [0.05, 0.1) is 12.2 Å². The first-order chi connectivity index (χ1) is 12.3. The molecular weight excluding hydrogens is 312 g/mol. The van der Waals surface area contributed by atoms with Crippen LogP contribution in [0.4, 0.5) is 5.82 Å². The van der Waals surface area contributed by atoms with Gasteiger partial charge in [-0.05, 0) is 38.1 Å². The topological polar surface area (TPSA) is 49.8 Å². The van der Waals surface area contributed by atoms with E-state index in [2.05, 4.69) is 27.3 Å². The molecule has 1 aromatic carbocycles. The van der Waals surface area contributed by atoms with Gasteiger partial charge in [-0.25, -0.2) is 9.98 Å². The largest absolute Gasteiger partial charge is 0.455 e. The molecule has 1 atom stereocenters. The maximum Gasteiger partial charge on any atom is 0.291 e. The summed E-state index contributed by atoms with van der Waals surface area (Å²) in [6.45, 7) is 4.18. The molecule has 25 heavy (non-hydrogen) atoms. The number of nitrogens with one attached hydrogen (secondary N) is 1. The molecule has 3 saturated heterocycles. The van der Waals surface area contributed by atoms with Crippen LogP contribution in [0.1, 0.15) is 12.8 Å². The number of anilines is 1. The van der Waals surface area contributed by atoms with Crippen LogP contribution in [0.3, 0.4) is 0 Å². The summed E-state index contributed by atoms with van der Waals surface area (Å²) in [5, 5.41) is 3.28. The number of aromatic nitrogens is 1. The van der Waals surface area contributed by atoms with Crippen molar-refractivity contribution in [3.8, 4) is 11.3 Å². The van der Waals surface area contributed by atoms with E-state index in [4.69, 9.17) is 9.72 Å². The maximum absolute atomic E-state index is 6.33. The summed E-state index contributed by atoms with van der Waals surface area (Å²) in [5.41, 5.74) is 1.94. The third-order valence-electron chi connectivity index (χ3n) is 5.67. The molecule has 2 bridgehead atoms. The Balaban J connectivity index is 1.32. The number of hydrogen-bond acceptors (Lipinski definition) is 5. The first-order valence-electron chi connectivity index (χ1n) is 9.06. The zero-order valence-corrected chi connectivity index (χ0v) is 14.2. The SMILES string of the molecule is c1ccc(-c2cccc(NC3=NC[C@@]4(CN5CCC4CC5)O3)n2)cc1. The van der Waals surface area contributed by atoms with Gasteiger partial charge in [-0.3, -0.25) is 10.2 Å². The molecule has 4 aliphatic rings. The summed E-state index contributed by atoms with van der Waals surface area (Å²) >= 11 is 0. The first-order valence-corrected chi connectivity index (χ1v) is 9.06. The minimum Gasteiger partial charge on any atom is -0.455 e. The Morgan fingerprint density at radius 2 is 1.88 bits per heavy atom. The van der Waals surface area contributed by atoms with Gasteiger partial charge in [-0.2, -0.15) is 0 Å². The molecule has 5 nitrogen and oxygen atoms in total. The maximum atomic E-state index is 6.33. The quantitative estimate of drug-likeness (QED) is 0.917. The van der Waals surface area contributed by atoms with E-state index in [0.717, 1.165) is 30.2 Å². The Morgan fingerprint density at radius 3 is 2.64 bits per heavy atom. The van der Waals surface area contributed by atoms with E-state index in [1.54, 1.807) is 0 Å². The lowest BCUT2D eigenvalue weighted by Crippen LogP contribution is -2.61. The molecule has 0 saturated carbocycles. The fourth-order valence-corrected chi connectivity index (χ4v) is 4.33. The van der Waals surface area contributed by atoms with Crippen LogP contribution < -0.4 is 5.32 Å². The summed E-state index contributed by atoms with van der Waals surface area (Å²) < 4.78 is 6.33. The van der Waals surface area contributed by atoms with Crippen molar-refractivity contribution in [2.45, 2.75) is 18.4 Å². The molecule has 0 unspecified atom stereocenters. The number of pyridine rings is 1. The molecule has 2 aromatic rings. The number of rotatable bonds is 2. The molecule has 128 valence electrons. The lowest BCUT2D eigenvalue weighted by molar-refractivity contribution is -0.0829. The molecule has 1 N–H and O–H groups in total. The molecule has 5 heteroatoms.